The number of ether oxygens (including phenoxy) is 2. The van der Waals surface area contributed by atoms with E-state index in [0.717, 1.165) is 5.56 Å². The molecule has 132 valence electrons. The third kappa shape index (κ3) is 3.68. The van der Waals surface area contributed by atoms with E-state index in [2.05, 4.69) is 0 Å². The summed E-state index contributed by atoms with van der Waals surface area (Å²) in [5.74, 6) is 0.215. The lowest BCUT2D eigenvalue weighted by molar-refractivity contribution is -0.0228. The van der Waals surface area contributed by atoms with Gasteiger partial charge in [-0.15, -0.1) is 0 Å². The smallest absolute Gasteiger partial charge is 0.257 e. The minimum absolute atomic E-state index is 0.181. The van der Waals surface area contributed by atoms with Crippen LogP contribution < -0.4 is 10.5 Å². The van der Waals surface area contributed by atoms with Crippen LogP contribution in [0.1, 0.15) is 22.0 Å². The Hall–Kier alpha value is -1.95. The molecule has 0 aromatic heterocycles. The molecule has 7 heteroatoms. The van der Waals surface area contributed by atoms with E-state index in [-0.39, 0.29) is 12.0 Å². The Morgan fingerprint density at radius 3 is 2.76 bits per heavy atom. The maximum atomic E-state index is 13.0. The van der Waals surface area contributed by atoms with Gasteiger partial charge >= 0.3 is 0 Å². The minimum Gasteiger partial charge on any atom is -0.496 e. The molecule has 1 unspecified atom stereocenters. The van der Waals surface area contributed by atoms with E-state index in [1.54, 1.807) is 11.0 Å². The van der Waals surface area contributed by atoms with Crippen LogP contribution in [-0.2, 0) is 4.74 Å². The zero-order valence-corrected chi connectivity index (χ0v) is 15.2. The quantitative estimate of drug-likeness (QED) is 0.822. The molecule has 2 aromatic carbocycles. The molecular weight excluding hydrogens is 363 g/mol. The van der Waals surface area contributed by atoms with E-state index in [4.69, 9.17) is 38.4 Å². The first kappa shape index (κ1) is 17.9. The number of carbonyl (C=O) groups excluding carboxylic acids is 1. The SMILES string of the molecule is COc1cc(N)c(Cl)cc1C(=O)N1CCOC(c2ccccc2Cl)C1. The zero-order valence-electron chi connectivity index (χ0n) is 13.7. The van der Waals surface area contributed by atoms with Crippen LogP contribution in [0.5, 0.6) is 5.75 Å². The van der Waals surface area contributed by atoms with Gasteiger partial charge in [0.15, 0.2) is 0 Å². The Kier molecular flexibility index (Phi) is 5.37. The van der Waals surface area contributed by atoms with Gasteiger partial charge in [-0.3, -0.25) is 4.79 Å². The summed E-state index contributed by atoms with van der Waals surface area (Å²) in [6.07, 6.45) is -0.276. The number of carbonyl (C=O) groups is 1. The monoisotopic (exact) mass is 380 g/mol. The molecular formula is C18H18Cl2N2O3. The average Bonchev–Trinajstić information content (AvgIpc) is 2.63. The molecule has 1 fully saturated rings. The van der Waals surface area contributed by atoms with Gasteiger partial charge in [-0.05, 0) is 12.1 Å². The summed E-state index contributed by atoms with van der Waals surface area (Å²) in [6.45, 7) is 1.30. The highest BCUT2D eigenvalue weighted by Gasteiger charge is 2.29. The second-order valence-electron chi connectivity index (χ2n) is 5.71. The zero-order chi connectivity index (χ0) is 18.0. The van der Waals surface area contributed by atoms with Crippen molar-refractivity contribution in [2.45, 2.75) is 6.10 Å². The Morgan fingerprint density at radius 1 is 1.28 bits per heavy atom. The molecule has 0 bridgehead atoms. The number of nitrogens with two attached hydrogens (primary N) is 1. The van der Waals surface area contributed by atoms with Crippen molar-refractivity contribution < 1.29 is 14.3 Å². The molecule has 5 nitrogen and oxygen atoms in total. The second-order valence-corrected chi connectivity index (χ2v) is 6.52. The number of benzene rings is 2. The number of hydrogen-bond acceptors (Lipinski definition) is 4. The third-order valence-corrected chi connectivity index (χ3v) is 4.83. The average molecular weight is 381 g/mol. The summed E-state index contributed by atoms with van der Waals surface area (Å²) in [6, 6.07) is 10.6. The van der Waals surface area contributed by atoms with Crippen LogP contribution in [0.2, 0.25) is 10.0 Å². The molecule has 0 aliphatic carbocycles. The van der Waals surface area contributed by atoms with Gasteiger partial charge in [-0.2, -0.15) is 0 Å². The van der Waals surface area contributed by atoms with E-state index in [0.29, 0.717) is 46.7 Å². The van der Waals surface area contributed by atoms with Crippen LogP contribution in [0.4, 0.5) is 5.69 Å². The van der Waals surface area contributed by atoms with Crippen molar-refractivity contribution >= 4 is 34.8 Å². The van der Waals surface area contributed by atoms with E-state index in [9.17, 15) is 4.79 Å². The highest BCUT2D eigenvalue weighted by Crippen LogP contribution is 2.32. The number of nitrogens with zero attached hydrogens (tertiary/aromatic N) is 1. The third-order valence-electron chi connectivity index (χ3n) is 4.15. The molecule has 25 heavy (non-hydrogen) atoms. The first-order valence-corrected chi connectivity index (χ1v) is 8.55. The van der Waals surface area contributed by atoms with Gasteiger partial charge in [-0.25, -0.2) is 0 Å². The molecule has 1 aliphatic heterocycles. The van der Waals surface area contributed by atoms with Gasteiger partial charge in [-0.1, -0.05) is 41.4 Å². The number of methoxy groups -OCH3 is 1. The summed E-state index contributed by atoms with van der Waals surface area (Å²) in [4.78, 5) is 14.7. The van der Waals surface area contributed by atoms with E-state index in [1.807, 2.05) is 24.3 Å². The standard InChI is InChI=1S/C18H18Cl2N2O3/c1-24-16-9-15(21)14(20)8-12(16)18(23)22-6-7-25-17(10-22)11-4-2-3-5-13(11)19/h2-5,8-9,17H,6-7,10,21H2,1H3. The predicted octanol–water partition coefficient (Wildman–Crippen LogP) is 3.80. The highest BCUT2D eigenvalue weighted by atomic mass is 35.5. The maximum Gasteiger partial charge on any atom is 0.257 e. The van der Waals surface area contributed by atoms with Crippen LogP contribution in [0.15, 0.2) is 36.4 Å². The van der Waals surface area contributed by atoms with Crippen LogP contribution in [0.3, 0.4) is 0 Å². The molecule has 0 spiro atoms. The molecule has 2 N–H and O–H groups in total. The molecule has 1 saturated heterocycles. The lowest BCUT2D eigenvalue weighted by Gasteiger charge is -2.34. The maximum absolute atomic E-state index is 13.0. The molecule has 0 saturated carbocycles. The first-order chi connectivity index (χ1) is 12.0. The van der Waals surface area contributed by atoms with Crippen LogP contribution in [0.25, 0.3) is 0 Å². The van der Waals surface area contributed by atoms with Crippen LogP contribution in [0, 0.1) is 0 Å². The topological polar surface area (TPSA) is 64.8 Å². The molecule has 0 radical (unpaired) electrons. The van der Waals surface area contributed by atoms with E-state index < -0.39 is 0 Å². The lowest BCUT2D eigenvalue weighted by Crippen LogP contribution is -2.42. The number of nitrogen functional groups attached to an aromatic ring is 1. The van der Waals surface area contributed by atoms with Gasteiger partial charge in [0, 0.05) is 23.2 Å². The molecule has 1 amide bonds. The predicted molar refractivity (Wildman–Crippen MR) is 98.5 cm³/mol. The lowest BCUT2D eigenvalue weighted by atomic mass is 10.1. The van der Waals surface area contributed by atoms with Gasteiger partial charge < -0.3 is 20.1 Å². The van der Waals surface area contributed by atoms with Crippen molar-refractivity contribution in [3.05, 3.63) is 57.6 Å². The fraction of sp³-hybridized carbons (Fsp3) is 0.278. The fourth-order valence-electron chi connectivity index (χ4n) is 2.83. The number of amides is 1. The molecule has 1 heterocycles. The Labute approximate surface area is 156 Å². The van der Waals surface area contributed by atoms with Crippen molar-refractivity contribution in [1.82, 2.24) is 4.90 Å². The number of rotatable bonds is 3. The number of anilines is 1. The summed E-state index contributed by atoms with van der Waals surface area (Å²) in [7, 11) is 1.49. The van der Waals surface area contributed by atoms with Crippen molar-refractivity contribution in [2.24, 2.45) is 0 Å². The van der Waals surface area contributed by atoms with Gasteiger partial charge in [0.25, 0.3) is 5.91 Å². The Balaban J connectivity index is 1.86. The normalized spacial score (nSPS) is 17.4. The Morgan fingerprint density at radius 2 is 2.04 bits per heavy atom. The first-order valence-electron chi connectivity index (χ1n) is 7.79. The fourth-order valence-corrected chi connectivity index (χ4v) is 3.25. The Bertz CT molecular complexity index is 798. The molecule has 2 aromatic rings. The van der Waals surface area contributed by atoms with Crippen LogP contribution >= 0.6 is 23.2 Å². The van der Waals surface area contributed by atoms with Gasteiger partial charge in [0.05, 0.1) is 36.5 Å². The number of halogens is 2. The van der Waals surface area contributed by atoms with Crippen molar-refractivity contribution in [2.75, 3.05) is 32.5 Å². The molecule has 1 atom stereocenters. The van der Waals surface area contributed by atoms with E-state index in [1.165, 1.54) is 13.2 Å². The molecule has 1 aliphatic rings. The summed E-state index contributed by atoms with van der Waals surface area (Å²) in [5.41, 5.74) is 7.39. The second kappa shape index (κ2) is 7.52. The van der Waals surface area contributed by atoms with Crippen molar-refractivity contribution in [1.29, 1.82) is 0 Å². The van der Waals surface area contributed by atoms with Gasteiger partial charge in [0.1, 0.15) is 11.9 Å². The van der Waals surface area contributed by atoms with Gasteiger partial charge in [0.2, 0.25) is 0 Å². The van der Waals surface area contributed by atoms with Crippen molar-refractivity contribution in [3.63, 3.8) is 0 Å². The number of hydrogen-bond donors (Lipinski definition) is 1. The van der Waals surface area contributed by atoms with Crippen LogP contribution in [-0.4, -0.2) is 37.6 Å². The largest absolute Gasteiger partial charge is 0.496 e. The summed E-state index contributed by atoms with van der Waals surface area (Å²) >= 11 is 12.3. The minimum atomic E-state index is -0.276. The van der Waals surface area contributed by atoms with E-state index >= 15 is 0 Å². The summed E-state index contributed by atoms with van der Waals surface area (Å²) < 4.78 is 11.1. The molecule has 3 rings (SSSR count). The van der Waals surface area contributed by atoms with Crippen molar-refractivity contribution in [3.8, 4) is 5.75 Å². The highest BCUT2D eigenvalue weighted by molar-refractivity contribution is 6.33. The summed E-state index contributed by atoms with van der Waals surface area (Å²) in [5, 5.41) is 0.940. The number of morpholine rings is 1.